The molecule has 0 unspecified atom stereocenters. The van der Waals surface area contributed by atoms with Crippen LogP contribution in [0.3, 0.4) is 0 Å². The van der Waals surface area contributed by atoms with Crippen molar-refractivity contribution in [3.05, 3.63) is 0 Å². The Labute approximate surface area is 109 Å². The van der Waals surface area contributed by atoms with Crippen molar-refractivity contribution in [3.8, 4) is 0 Å². The Morgan fingerprint density at radius 2 is 1.22 bits per heavy atom. The molecule has 0 fully saturated rings. The summed E-state index contributed by atoms with van der Waals surface area (Å²) in [6.45, 7) is 0.854. The van der Waals surface area contributed by atoms with Gasteiger partial charge in [-0.1, -0.05) is 0 Å². The smallest absolute Gasteiger partial charge is 0.322 e. The van der Waals surface area contributed by atoms with Gasteiger partial charge in [-0.2, -0.15) is 0 Å². The van der Waals surface area contributed by atoms with E-state index in [1.54, 1.807) is 0 Å². The Kier molecular flexibility index (Phi) is 32.8. The molecule has 0 aromatic rings. The second kappa shape index (κ2) is 13.1. The molecule has 0 atom stereocenters. The van der Waals surface area contributed by atoms with Gasteiger partial charge < -0.3 is 14.9 Å². The van der Waals surface area contributed by atoms with Crippen molar-refractivity contribution in [1.82, 2.24) is 0 Å². The Hall–Kier alpha value is 2.47. The van der Waals surface area contributed by atoms with Crippen LogP contribution in [0.5, 0.6) is 0 Å². The first-order valence-corrected chi connectivity index (χ1v) is 3.54. The maximum Gasteiger partial charge on any atom is 0.322 e. The summed E-state index contributed by atoms with van der Waals surface area (Å²) in [6.07, 6.45) is 0. The summed E-state index contributed by atoms with van der Waals surface area (Å²) in [5, 5.41) is 7.00. The van der Waals surface area contributed by atoms with E-state index in [0.29, 0.717) is 0 Å². The van der Waals surface area contributed by atoms with E-state index < -0.39 is 7.60 Å². The number of hydrogen-bond donors (Lipinski definition) is 3. The molecule has 7 heteroatoms. The predicted octanol–water partition coefficient (Wildman–Crippen LogP) is -0.600. The third-order valence-electron chi connectivity index (χ3n) is 0. The van der Waals surface area contributed by atoms with E-state index in [1.807, 2.05) is 0 Å². The summed E-state index contributed by atoms with van der Waals surface area (Å²) in [5.74, 6) is 0. The van der Waals surface area contributed by atoms with Gasteiger partial charge in [0.25, 0.3) is 0 Å². The molecule has 0 aromatic carbocycles. The second-order valence-electron chi connectivity index (χ2n) is 0.835. The summed E-state index contributed by atoms with van der Waals surface area (Å²) in [6, 6.07) is 0. The van der Waals surface area contributed by atoms with Crippen molar-refractivity contribution in [2.24, 2.45) is 0 Å². The van der Waals surface area contributed by atoms with Crippen molar-refractivity contribution < 1.29 is 89.9 Å². The van der Waals surface area contributed by atoms with E-state index in [0.717, 1.165) is 13.8 Å². The zero-order valence-electron chi connectivity index (χ0n) is 5.13. The van der Waals surface area contributed by atoms with Gasteiger partial charge in [0.1, 0.15) is 0 Å². The molecule has 3 N–H and O–H groups in total. The van der Waals surface area contributed by atoms with E-state index in [4.69, 9.17) is 14.9 Å². The van der Waals surface area contributed by atoms with Crippen LogP contribution in [0.25, 0.3) is 0 Å². The quantitative estimate of drug-likeness (QED) is 0.506. The molecule has 1 radical (unpaired) electrons. The Morgan fingerprint density at radius 3 is 1.22 bits per heavy atom. The molecule has 0 heterocycles. The minimum Gasteiger partial charge on any atom is -0.400 e. The number of hydrogen-bond acceptors (Lipinski definition) is 2. The van der Waals surface area contributed by atoms with Crippen molar-refractivity contribution in [2.75, 3.05) is 13.8 Å². The summed E-state index contributed by atoms with van der Waals surface area (Å²) in [7, 11) is -2.64. The summed E-state index contributed by atoms with van der Waals surface area (Å²) >= 11 is 0. The van der Waals surface area contributed by atoms with E-state index in [-0.39, 0.29) is 70.4 Å². The minimum absolute atomic E-state index is 0. The fourth-order valence-electron chi connectivity index (χ4n) is 0. The topological polar surface area (TPSA) is 77.8 Å². The third kappa shape index (κ3) is 123. The van der Waals surface area contributed by atoms with E-state index in [9.17, 15) is 4.57 Å². The zero-order valence-corrected chi connectivity index (χ0v) is 9.57. The third-order valence-corrected chi connectivity index (χ3v) is 0. The van der Waals surface area contributed by atoms with Crippen molar-refractivity contribution in [3.63, 3.8) is 0 Å². The molecule has 0 bridgehead atoms. The molecule has 0 saturated heterocycles. The maximum absolute atomic E-state index is 9.33. The maximum atomic E-state index is 9.33. The summed E-state index contributed by atoms with van der Waals surface area (Å²) < 4.78 is 9.33. The summed E-state index contributed by atoms with van der Waals surface area (Å²) in [4.78, 5) is 15.3. The van der Waals surface area contributed by atoms with Gasteiger partial charge in [-0.3, -0.25) is 4.57 Å². The molecule has 0 aliphatic heterocycles. The van der Waals surface area contributed by atoms with E-state index in [2.05, 4.69) is 0 Å². The molecule has 0 aliphatic carbocycles. The van der Waals surface area contributed by atoms with Gasteiger partial charge in [-0.15, -0.1) is 0 Å². The fourth-order valence-corrected chi connectivity index (χ4v) is 0. The van der Waals surface area contributed by atoms with Crippen molar-refractivity contribution >= 4 is 7.60 Å². The van der Waals surface area contributed by atoms with E-state index >= 15 is 0 Å². The molecule has 0 saturated carbocycles. The molecule has 0 rings (SSSR count). The normalized spacial score (nSPS) is 7.22. The van der Waals surface area contributed by atoms with Gasteiger partial charge in [0.15, 0.2) is 0 Å². The Morgan fingerprint density at radius 1 is 1.22 bits per heavy atom. The van der Waals surface area contributed by atoms with Gasteiger partial charge >= 0.3 is 7.60 Å². The molecule has 4 nitrogen and oxygen atoms in total. The van der Waals surface area contributed by atoms with Crippen LogP contribution in [0.2, 0.25) is 0 Å². The average Bonchev–Trinajstić information content (AvgIpc) is 1.36. The van der Waals surface area contributed by atoms with Crippen molar-refractivity contribution in [2.45, 2.75) is 0 Å². The predicted molar refractivity (Wildman–Crippen MR) is 26.1 cm³/mol. The van der Waals surface area contributed by atoms with Crippen LogP contribution in [0, 0.1) is 37.7 Å². The molecular formula is C2H9ArO4PY. The van der Waals surface area contributed by atoms with Crippen molar-refractivity contribution in [1.29, 1.82) is 0 Å². The van der Waals surface area contributed by atoms with Crippen LogP contribution in [-0.4, -0.2) is 28.7 Å². The first kappa shape index (κ1) is 22.5. The van der Waals surface area contributed by atoms with Gasteiger partial charge in [-0.05, 0) is 0 Å². The van der Waals surface area contributed by atoms with Crippen LogP contribution >= 0.6 is 7.60 Å². The monoisotopic (exact) mass is 257 g/mol. The standard InChI is InChI=1S/CH5O3P.CH4O.Ar.Y/c1-5(2,3)4;1-2;;/h1H3,(H2,2,3,4);2H,1H3;;. The zero-order chi connectivity index (χ0) is 6.50. The number of aliphatic hydroxyl groups is 1. The van der Waals surface area contributed by atoms with Gasteiger partial charge in [0, 0.05) is 84.2 Å². The van der Waals surface area contributed by atoms with Crippen LogP contribution in [0.1, 0.15) is 0 Å². The SMILES string of the molecule is CO.CP(=O)(O)O.[Ar].[Y]. The van der Waals surface area contributed by atoms with Crippen LogP contribution in [0.15, 0.2) is 0 Å². The Balaban J connectivity index is -0.0000000286. The molecular weight excluding hydrogens is 248 g/mol. The largest absolute Gasteiger partial charge is 0.400 e. The van der Waals surface area contributed by atoms with Gasteiger partial charge in [0.2, 0.25) is 0 Å². The van der Waals surface area contributed by atoms with Gasteiger partial charge in [0.05, 0.1) is 0 Å². The second-order valence-corrected chi connectivity index (χ2v) is 2.51. The number of aliphatic hydroxyl groups excluding tert-OH is 1. The van der Waals surface area contributed by atoms with Crippen LogP contribution in [-0.2, 0) is 37.3 Å². The molecule has 0 spiro atoms. The van der Waals surface area contributed by atoms with Crippen LogP contribution < -0.4 is 0 Å². The van der Waals surface area contributed by atoms with E-state index in [1.165, 1.54) is 0 Å². The Bertz CT molecular complexity index is 64.7. The molecule has 9 heavy (non-hydrogen) atoms. The molecule has 0 aliphatic rings. The number of rotatable bonds is 0. The minimum atomic E-state index is -3.64. The van der Waals surface area contributed by atoms with Gasteiger partial charge in [-0.25, -0.2) is 0 Å². The van der Waals surface area contributed by atoms with Crippen LogP contribution in [0.4, 0.5) is 0 Å². The fraction of sp³-hybridized carbons (Fsp3) is 1.00. The molecule has 0 aromatic heterocycles. The summed E-state index contributed by atoms with van der Waals surface area (Å²) in [5.41, 5.74) is 0. The first-order valence-electron chi connectivity index (χ1n) is 1.48. The molecule has 0 amide bonds. The molecule has 57 valence electrons. The average molecular weight is 257 g/mol. The first-order chi connectivity index (χ1) is 3.00.